The number of ether oxygens (including phenoxy) is 1. The lowest BCUT2D eigenvalue weighted by Crippen LogP contribution is -2.49. The van der Waals surface area contributed by atoms with Crippen molar-refractivity contribution in [1.82, 2.24) is 4.90 Å². The van der Waals surface area contributed by atoms with Crippen LogP contribution in [0.2, 0.25) is 0 Å². The fourth-order valence-corrected chi connectivity index (χ4v) is 3.77. The molecule has 2 fully saturated rings. The maximum absolute atomic E-state index is 12.3. The molecule has 2 aliphatic heterocycles. The van der Waals surface area contributed by atoms with Gasteiger partial charge in [0.15, 0.2) is 0 Å². The van der Waals surface area contributed by atoms with Gasteiger partial charge in [-0.1, -0.05) is 13.8 Å². The lowest BCUT2D eigenvalue weighted by atomic mass is 10.1. The van der Waals surface area contributed by atoms with Gasteiger partial charge in [-0.3, -0.25) is 14.4 Å². The van der Waals surface area contributed by atoms with E-state index in [1.165, 1.54) is 0 Å². The highest BCUT2D eigenvalue weighted by Gasteiger charge is 2.36. The quantitative estimate of drug-likeness (QED) is 0.722. The minimum Gasteiger partial charge on any atom is -0.466 e. The van der Waals surface area contributed by atoms with Crippen LogP contribution in [-0.4, -0.2) is 62.0 Å². The first-order valence-corrected chi connectivity index (χ1v) is 10.0. The first kappa shape index (κ1) is 20.2. The van der Waals surface area contributed by atoms with E-state index in [2.05, 4.69) is 4.90 Å². The number of nitrogens with zero attached hydrogens (tertiary/aromatic N) is 3. The van der Waals surface area contributed by atoms with Gasteiger partial charge in [-0.05, 0) is 31.2 Å². The van der Waals surface area contributed by atoms with Gasteiger partial charge in [0.05, 0.1) is 12.5 Å². The molecule has 28 heavy (non-hydrogen) atoms. The van der Waals surface area contributed by atoms with E-state index < -0.39 is 5.92 Å². The Morgan fingerprint density at radius 2 is 1.68 bits per heavy atom. The molecule has 2 heterocycles. The van der Waals surface area contributed by atoms with Crippen molar-refractivity contribution >= 4 is 29.2 Å². The molecule has 1 aromatic carbocycles. The maximum Gasteiger partial charge on any atom is 0.311 e. The summed E-state index contributed by atoms with van der Waals surface area (Å²) in [5, 5.41) is 0. The molecular weight excluding hydrogens is 358 g/mol. The van der Waals surface area contributed by atoms with E-state index in [0.29, 0.717) is 13.2 Å². The molecule has 0 aromatic heterocycles. The number of rotatable bonds is 5. The van der Waals surface area contributed by atoms with Crippen molar-refractivity contribution in [3.63, 3.8) is 0 Å². The number of carbonyl (C=O) groups excluding carboxylic acids is 3. The number of amides is 2. The number of anilines is 2. The summed E-state index contributed by atoms with van der Waals surface area (Å²) in [4.78, 5) is 42.2. The van der Waals surface area contributed by atoms with Gasteiger partial charge in [0.25, 0.3) is 0 Å². The van der Waals surface area contributed by atoms with Crippen LogP contribution in [0.5, 0.6) is 0 Å². The molecule has 3 rings (SSSR count). The first-order chi connectivity index (χ1) is 13.4. The van der Waals surface area contributed by atoms with Gasteiger partial charge < -0.3 is 19.4 Å². The number of piperazine rings is 1. The Kier molecular flexibility index (Phi) is 6.21. The molecular formula is C21H29N3O4. The van der Waals surface area contributed by atoms with Gasteiger partial charge in [-0.15, -0.1) is 0 Å². The van der Waals surface area contributed by atoms with Gasteiger partial charge in [0.1, 0.15) is 0 Å². The van der Waals surface area contributed by atoms with Crippen LogP contribution in [0.4, 0.5) is 11.4 Å². The second kappa shape index (κ2) is 8.63. The van der Waals surface area contributed by atoms with Crippen molar-refractivity contribution in [2.45, 2.75) is 27.2 Å². The predicted octanol–water partition coefficient (Wildman–Crippen LogP) is 1.91. The Bertz CT molecular complexity index is 724. The third-order valence-corrected chi connectivity index (χ3v) is 5.36. The van der Waals surface area contributed by atoms with E-state index >= 15 is 0 Å². The molecule has 2 aliphatic rings. The molecule has 1 aromatic rings. The lowest BCUT2D eigenvalue weighted by molar-refractivity contribution is -0.147. The van der Waals surface area contributed by atoms with Crippen LogP contribution in [-0.2, 0) is 19.1 Å². The summed E-state index contributed by atoms with van der Waals surface area (Å²) >= 11 is 0. The molecule has 7 nitrogen and oxygen atoms in total. The highest BCUT2D eigenvalue weighted by Crippen LogP contribution is 2.28. The second-order valence-corrected chi connectivity index (χ2v) is 7.64. The summed E-state index contributed by atoms with van der Waals surface area (Å²) in [7, 11) is 0. The van der Waals surface area contributed by atoms with Crippen molar-refractivity contribution in [3.05, 3.63) is 24.3 Å². The summed E-state index contributed by atoms with van der Waals surface area (Å²) < 4.78 is 5.04. The van der Waals surface area contributed by atoms with Crippen molar-refractivity contribution < 1.29 is 19.1 Å². The topological polar surface area (TPSA) is 70.2 Å². The fraction of sp³-hybridized carbons (Fsp3) is 0.571. The first-order valence-electron chi connectivity index (χ1n) is 10.0. The third-order valence-electron chi connectivity index (χ3n) is 5.36. The Labute approximate surface area is 166 Å². The highest BCUT2D eigenvalue weighted by atomic mass is 16.5. The Balaban J connectivity index is 1.59. The molecule has 0 aliphatic carbocycles. The second-order valence-electron chi connectivity index (χ2n) is 7.64. The summed E-state index contributed by atoms with van der Waals surface area (Å²) in [6, 6.07) is 7.85. The van der Waals surface area contributed by atoms with Crippen LogP contribution in [0.3, 0.4) is 0 Å². The standard InChI is InChI=1S/C21H29N3O4/c1-4-28-21(27)16-13-19(25)24(14-16)18-7-5-17(6-8-18)22-9-11-23(12-10-22)20(26)15(2)3/h5-8,15-16H,4,9-14H2,1-3H3/t16-/m0/s1. The summed E-state index contributed by atoms with van der Waals surface area (Å²) in [6.45, 7) is 9.37. The lowest BCUT2D eigenvalue weighted by Gasteiger charge is -2.37. The molecule has 2 amide bonds. The monoisotopic (exact) mass is 387 g/mol. The van der Waals surface area contributed by atoms with Crippen molar-refractivity contribution in [2.75, 3.05) is 49.1 Å². The zero-order valence-electron chi connectivity index (χ0n) is 16.9. The molecule has 0 spiro atoms. The number of hydrogen-bond acceptors (Lipinski definition) is 5. The number of esters is 1. The molecule has 2 saturated heterocycles. The maximum atomic E-state index is 12.3. The van der Waals surface area contributed by atoms with Crippen LogP contribution in [0.1, 0.15) is 27.2 Å². The molecule has 0 radical (unpaired) electrons. The Morgan fingerprint density at radius 1 is 1.07 bits per heavy atom. The summed E-state index contributed by atoms with van der Waals surface area (Å²) in [6.07, 6.45) is 0.201. The van der Waals surface area contributed by atoms with E-state index in [9.17, 15) is 14.4 Å². The smallest absolute Gasteiger partial charge is 0.311 e. The zero-order chi connectivity index (χ0) is 20.3. The minimum absolute atomic E-state index is 0.0299. The van der Waals surface area contributed by atoms with Gasteiger partial charge in [0, 0.05) is 56.4 Å². The van der Waals surface area contributed by atoms with Gasteiger partial charge >= 0.3 is 5.97 Å². The molecule has 1 atom stereocenters. The average Bonchev–Trinajstić information content (AvgIpc) is 3.09. The van der Waals surface area contributed by atoms with Crippen LogP contribution in [0.15, 0.2) is 24.3 Å². The van der Waals surface area contributed by atoms with Crippen molar-refractivity contribution in [2.24, 2.45) is 11.8 Å². The molecule has 152 valence electrons. The largest absolute Gasteiger partial charge is 0.466 e. The summed E-state index contributed by atoms with van der Waals surface area (Å²) in [5.74, 6) is -0.505. The fourth-order valence-electron chi connectivity index (χ4n) is 3.77. The Morgan fingerprint density at radius 3 is 2.25 bits per heavy atom. The van der Waals surface area contributed by atoms with Gasteiger partial charge in [0.2, 0.25) is 11.8 Å². The predicted molar refractivity (Wildman–Crippen MR) is 107 cm³/mol. The Hall–Kier alpha value is -2.57. The molecule has 0 saturated carbocycles. The van der Waals surface area contributed by atoms with E-state index in [4.69, 9.17) is 4.74 Å². The van der Waals surface area contributed by atoms with Crippen LogP contribution in [0, 0.1) is 11.8 Å². The van der Waals surface area contributed by atoms with Gasteiger partial charge in [-0.2, -0.15) is 0 Å². The SMILES string of the molecule is CCOC(=O)[C@H]1CC(=O)N(c2ccc(N3CCN(C(=O)C(C)C)CC3)cc2)C1. The van der Waals surface area contributed by atoms with Crippen molar-refractivity contribution in [1.29, 1.82) is 0 Å². The van der Waals surface area contributed by atoms with Crippen LogP contribution >= 0.6 is 0 Å². The molecule has 7 heteroatoms. The van der Waals surface area contributed by atoms with E-state index in [-0.39, 0.29) is 30.1 Å². The van der Waals surface area contributed by atoms with Crippen molar-refractivity contribution in [3.8, 4) is 0 Å². The average molecular weight is 387 g/mol. The van der Waals surface area contributed by atoms with Gasteiger partial charge in [-0.25, -0.2) is 0 Å². The highest BCUT2D eigenvalue weighted by molar-refractivity contribution is 5.99. The van der Waals surface area contributed by atoms with Crippen LogP contribution in [0.25, 0.3) is 0 Å². The number of carbonyl (C=O) groups is 3. The van der Waals surface area contributed by atoms with E-state index in [1.54, 1.807) is 11.8 Å². The van der Waals surface area contributed by atoms with Crippen LogP contribution < -0.4 is 9.80 Å². The number of benzene rings is 1. The van der Waals surface area contributed by atoms with E-state index in [0.717, 1.165) is 37.6 Å². The zero-order valence-corrected chi connectivity index (χ0v) is 16.9. The molecule has 0 N–H and O–H groups in total. The minimum atomic E-state index is -0.390. The third kappa shape index (κ3) is 4.29. The molecule has 0 bridgehead atoms. The summed E-state index contributed by atoms with van der Waals surface area (Å²) in [5.41, 5.74) is 1.88. The number of hydrogen-bond donors (Lipinski definition) is 0. The molecule has 0 unspecified atom stereocenters. The van der Waals surface area contributed by atoms with E-state index in [1.807, 2.05) is 43.0 Å². The normalized spacial score (nSPS) is 20.1.